The first kappa shape index (κ1) is 30.7. The zero-order valence-corrected chi connectivity index (χ0v) is 26.3. The van der Waals surface area contributed by atoms with Crippen molar-refractivity contribution < 1.29 is 28.5 Å². The SMILES string of the molecule is COC(=O)c1ccc2c(C3CCCCC3)c3n(c2c1)C[C@@H](N(C)CCNC(=O)OC(C)(C)C)COc1c(OC)cccc1-3. The van der Waals surface area contributed by atoms with Crippen LogP contribution in [0.2, 0.25) is 0 Å². The first-order valence-corrected chi connectivity index (χ1v) is 15.3. The van der Waals surface area contributed by atoms with Gasteiger partial charge in [-0.2, -0.15) is 0 Å². The third-order valence-electron chi connectivity index (χ3n) is 8.56. The summed E-state index contributed by atoms with van der Waals surface area (Å²) in [5.41, 5.74) is 4.44. The summed E-state index contributed by atoms with van der Waals surface area (Å²) in [5, 5.41) is 4.04. The standard InChI is InChI=1S/C34H45N3O6/c1-34(2,3)43-33(39)35-17-18-36(4)24-20-37-27-19-23(32(38)41-6)15-16-25(27)29(22-11-8-7-9-12-22)30(37)26-13-10-14-28(40-5)31(26)42-21-24/h10,13-16,19,22,24H,7-9,11-12,17-18,20-21H2,1-6H3,(H,35,39)/t24-/m1/s1. The number of methoxy groups -OCH3 is 2. The number of nitrogens with zero attached hydrogens (tertiary/aromatic N) is 2. The maximum atomic E-state index is 12.7. The van der Waals surface area contributed by atoms with Crippen LogP contribution in [0.25, 0.3) is 22.2 Å². The van der Waals surface area contributed by atoms with Crippen LogP contribution >= 0.6 is 0 Å². The van der Waals surface area contributed by atoms with Gasteiger partial charge in [-0.3, -0.25) is 4.90 Å². The molecule has 2 aromatic carbocycles. The summed E-state index contributed by atoms with van der Waals surface area (Å²) in [6.45, 7) is 7.65. The molecular formula is C34H45N3O6. The van der Waals surface area contributed by atoms with Gasteiger partial charge in [-0.15, -0.1) is 0 Å². The molecule has 1 aliphatic heterocycles. The molecule has 0 saturated heterocycles. The van der Waals surface area contributed by atoms with Crippen LogP contribution in [0.4, 0.5) is 4.79 Å². The fraction of sp³-hybridized carbons (Fsp3) is 0.529. The molecule has 0 spiro atoms. The lowest BCUT2D eigenvalue weighted by Crippen LogP contribution is -2.44. The Balaban J connectivity index is 1.60. The molecule has 9 heteroatoms. The minimum Gasteiger partial charge on any atom is -0.493 e. The number of aromatic nitrogens is 1. The van der Waals surface area contributed by atoms with Gasteiger partial charge in [0.1, 0.15) is 12.2 Å². The van der Waals surface area contributed by atoms with Crippen molar-refractivity contribution in [2.75, 3.05) is 41.0 Å². The summed E-state index contributed by atoms with van der Waals surface area (Å²) in [6, 6.07) is 12.0. The maximum Gasteiger partial charge on any atom is 0.407 e. The summed E-state index contributed by atoms with van der Waals surface area (Å²) in [6.07, 6.45) is 5.49. The molecule has 2 heterocycles. The number of esters is 1. The van der Waals surface area contributed by atoms with E-state index in [4.69, 9.17) is 18.9 Å². The van der Waals surface area contributed by atoms with E-state index in [2.05, 4.69) is 26.9 Å². The van der Waals surface area contributed by atoms with E-state index in [1.54, 1.807) is 7.11 Å². The molecule has 232 valence electrons. The van der Waals surface area contributed by atoms with E-state index in [9.17, 15) is 9.59 Å². The lowest BCUT2D eigenvalue weighted by atomic mass is 9.81. The van der Waals surface area contributed by atoms with Gasteiger partial charge >= 0.3 is 12.1 Å². The quantitative estimate of drug-likeness (QED) is 0.319. The number of benzene rings is 2. The monoisotopic (exact) mass is 591 g/mol. The van der Waals surface area contributed by atoms with Crippen LogP contribution in [-0.2, 0) is 16.0 Å². The number of alkyl carbamates (subject to hydrolysis) is 1. The normalized spacial score (nSPS) is 17.3. The van der Waals surface area contributed by atoms with E-state index in [1.165, 1.54) is 37.3 Å². The average molecular weight is 592 g/mol. The van der Waals surface area contributed by atoms with Gasteiger partial charge in [-0.05, 0) is 76.4 Å². The van der Waals surface area contributed by atoms with Crippen molar-refractivity contribution in [1.82, 2.24) is 14.8 Å². The number of para-hydroxylation sites is 1. The molecule has 5 rings (SSSR count). The summed E-state index contributed by atoms with van der Waals surface area (Å²) in [5.74, 6) is 1.47. The number of likely N-dealkylation sites (N-methyl/N-ethyl adjacent to an activating group) is 1. The number of amides is 1. The Morgan fingerprint density at radius 2 is 1.86 bits per heavy atom. The van der Waals surface area contributed by atoms with E-state index in [-0.39, 0.29) is 12.0 Å². The van der Waals surface area contributed by atoms with Gasteiger partial charge in [0.2, 0.25) is 0 Å². The van der Waals surface area contributed by atoms with Crippen molar-refractivity contribution in [3.63, 3.8) is 0 Å². The summed E-state index contributed by atoms with van der Waals surface area (Å²) in [4.78, 5) is 27.1. The van der Waals surface area contributed by atoms with E-state index in [0.717, 1.165) is 35.4 Å². The molecule has 9 nitrogen and oxygen atoms in total. The maximum absolute atomic E-state index is 12.7. The molecule has 1 amide bonds. The second kappa shape index (κ2) is 12.9. The Kier molecular flexibility index (Phi) is 9.20. The molecule has 1 aliphatic carbocycles. The average Bonchev–Trinajstić information content (AvgIpc) is 3.29. The van der Waals surface area contributed by atoms with Crippen molar-refractivity contribution in [2.45, 2.75) is 77.0 Å². The molecule has 0 bridgehead atoms. The second-order valence-electron chi connectivity index (χ2n) is 12.6. The van der Waals surface area contributed by atoms with Crippen LogP contribution in [0.15, 0.2) is 36.4 Å². The number of nitrogens with one attached hydrogen (secondary N) is 1. The fourth-order valence-electron chi connectivity index (χ4n) is 6.46. The zero-order valence-electron chi connectivity index (χ0n) is 26.3. The van der Waals surface area contributed by atoms with Crippen molar-refractivity contribution in [2.24, 2.45) is 0 Å². The Morgan fingerprint density at radius 3 is 2.56 bits per heavy atom. The molecule has 1 N–H and O–H groups in total. The molecule has 43 heavy (non-hydrogen) atoms. The number of hydrogen-bond acceptors (Lipinski definition) is 7. The van der Waals surface area contributed by atoms with Gasteiger partial charge in [0.15, 0.2) is 11.5 Å². The van der Waals surface area contributed by atoms with Gasteiger partial charge < -0.3 is 28.8 Å². The molecule has 1 saturated carbocycles. The number of hydrogen-bond donors (Lipinski definition) is 1. The number of fused-ring (bicyclic) bond motifs is 5. The van der Waals surface area contributed by atoms with Gasteiger partial charge in [0.05, 0.1) is 31.5 Å². The highest BCUT2D eigenvalue weighted by atomic mass is 16.6. The third-order valence-corrected chi connectivity index (χ3v) is 8.56. The summed E-state index contributed by atoms with van der Waals surface area (Å²) in [7, 11) is 5.13. The Labute approximate surface area is 254 Å². The van der Waals surface area contributed by atoms with Gasteiger partial charge in [0, 0.05) is 36.1 Å². The van der Waals surface area contributed by atoms with Crippen LogP contribution in [0, 0.1) is 0 Å². The highest BCUT2D eigenvalue weighted by Crippen LogP contribution is 2.49. The van der Waals surface area contributed by atoms with Crippen LogP contribution in [0.1, 0.15) is 74.7 Å². The van der Waals surface area contributed by atoms with Crippen molar-refractivity contribution in [1.29, 1.82) is 0 Å². The molecule has 0 unspecified atom stereocenters. The highest BCUT2D eigenvalue weighted by Gasteiger charge is 2.32. The highest BCUT2D eigenvalue weighted by molar-refractivity contribution is 5.99. The number of carbonyl (C=O) groups excluding carboxylic acids is 2. The molecule has 1 fully saturated rings. The predicted octanol–water partition coefficient (Wildman–Crippen LogP) is 6.37. The predicted molar refractivity (Wildman–Crippen MR) is 167 cm³/mol. The van der Waals surface area contributed by atoms with E-state index >= 15 is 0 Å². The first-order chi connectivity index (χ1) is 20.6. The smallest absolute Gasteiger partial charge is 0.407 e. The summed E-state index contributed by atoms with van der Waals surface area (Å²) >= 11 is 0. The number of rotatable bonds is 7. The molecule has 0 radical (unpaired) electrons. The molecule has 2 aliphatic rings. The third kappa shape index (κ3) is 6.61. The lowest BCUT2D eigenvalue weighted by Gasteiger charge is -2.33. The van der Waals surface area contributed by atoms with Gasteiger partial charge in [-0.25, -0.2) is 9.59 Å². The lowest BCUT2D eigenvalue weighted by molar-refractivity contribution is 0.0516. The molecule has 3 aromatic rings. The van der Waals surface area contributed by atoms with Crippen molar-refractivity contribution in [3.8, 4) is 22.8 Å². The van der Waals surface area contributed by atoms with Crippen LogP contribution in [-0.4, -0.2) is 74.1 Å². The molecule has 1 aromatic heterocycles. The number of ether oxygens (including phenoxy) is 4. The van der Waals surface area contributed by atoms with Crippen LogP contribution < -0.4 is 14.8 Å². The van der Waals surface area contributed by atoms with Gasteiger partial charge in [-0.1, -0.05) is 31.4 Å². The minimum absolute atomic E-state index is 0.0335. The van der Waals surface area contributed by atoms with Crippen molar-refractivity contribution >= 4 is 23.0 Å². The molecule has 1 atom stereocenters. The Hall–Kier alpha value is -3.72. The molecular weight excluding hydrogens is 546 g/mol. The summed E-state index contributed by atoms with van der Waals surface area (Å²) < 4.78 is 25.3. The second-order valence-corrected chi connectivity index (χ2v) is 12.6. The van der Waals surface area contributed by atoms with Crippen LogP contribution in [0.5, 0.6) is 11.5 Å². The largest absolute Gasteiger partial charge is 0.493 e. The zero-order chi connectivity index (χ0) is 30.7. The van der Waals surface area contributed by atoms with Crippen LogP contribution in [0.3, 0.4) is 0 Å². The minimum atomic E-state index is -0.555. The van der Waals surface area contributed by atoms with E-state index in [0.29, 0.717) is 43.5 Å². The van der Waals surface area contributed by atoms with Gasteiger partial charge in [0.25, 0.3) is 0 Å². The topological polar surface area (TPSA) is 91.3 Å². The first-order valence-electron chi connectivity index (χ1n) is 15.3. The van der Waals surface area contributed by atoms with E-state index < -0.39 is 11.7 Å². The van der Waals surface area contributed by atoms with Crippen molar-refractivity contribution in [3.05, 3.63) is 47.5 Å². The Morgan fingerprint density at radius 1 is 1.09 bits per heavy atom. The fourth-order valence-corrected chi connectivity index (χ4v) is 6.46. The number of carbonyl (C=O) groups is 2. The van der Waals surface area contributed by atoms with E-state index in [1.807, 2.05) is 52.1 Å². The Bertz CT molecular complexity index is 1470.